The first-order valence-corrected chi connectivity index (χ1v) is 7.59. The Morgan fingerprint density at radius 2 is 2.10 bits per heavy atom. The molecule has 1 aliphatic carbocycles. The number of benzene rings is 1. The van der Waals surface area contributed by atoms with E-state index >= 15 is 0 Å². The molecule has 0 unspecified atom stereocenters. The number of aliphatic hydroxyl groups is 1. The van der Waals surface area contributed by atoms with Crippen molar-refractivity contribution in [1.82, 2.24) is 5.32 Å². The van der Waals surface area contributed by atoms with E-state index in [1.54, 1.807) is 12.1 Å². The summed E-state index contributed by atoms with van der Waals surface area (Å²) in [5, 5.41) is 14.4. The zero-order valence-corrected chi connectivity index (χ0v) is 12.5. The molecule has 5 rings (SSSR count). The fourth-order valence-corrected chi connectivity index (χ4v) is 4.06. The Hall–Kier alpha value is -1.37. The molecule has 2 bridgehead atoms. The summed E-state index contributed by atoms with van der Waals surface area (Å²) in [5.74, 6) is -0.629. The molecule has 5 atom stereocenters. The number of fused-ring (bicyclic) bond motifs is 2. The van der Waals surface area contributed by atoms with Crippen molar-refractivity contribution < 1.29 is 14.6 Å². The number of ether oxygens (including phenoxy) is 1. The average molecular weight is 325 g/mol. The normalized spacial score (nSPS) is 37.2. The number of hydrogen-bond donors (Lipinski definition) is 2. The summed E-state index contributed by atoms with van der Waals surface area (Å²) < 4.78 is 5.30. The highest BCUT2D eigenvalue weighted by Gasteiger charge is 2.60. The minimum absolute atomic E-state index is 0.117. The SMILES string of the molecule is O=C1O[C@@H]2[C@@H]3NC(=S)N(c4ccc(Cl)cc4)[C@@H]3[C@H]1C[C@H]2O. The van der Waals surface area contributed by atoms with Gasteiger partial charge in [0.1, 0.15) is 6.10 Å². The number of carbonyl (C=O) groups is 1. The van der Waals surface area contributed by atoms with Crippen molar-refractivity contribution in [2.24, 2.45) is 5.92 Å². The van der Waals surface area contributed by atoms with E-state index in [0.29, 0.717) is 16.6 Å². The molecule has 5 nitrogen and oxygen atoms in total. The highest BCUT2D eigenvalue weighted by atomic mass is 35.5. The largest absolute Gasteiger partial charge is 0.457 e. The molecule has 1 aromatic carbocycles. The smallest absolute Gasteiger partial charge is 0.311 e. The fourth-order valence-electron chi connectivity index (χ4n) is 3.57. The van der Waals surface area contributed by atoms with E-state index in [1.807, 2.05) is 17.0 Å². The van der Waals surface area contributed by atoms with Gasteiger partial charge >= 0.3 is 5.97 Å². The van der Waals surface area contributed by atoms with Crippen molar-refractivity contribution in [3.05, 3.63) is 29.3 Å². The molecule has 1 aromatic rings. The molecule has 4 aliphatic rings. The van der Waals surface area contributed by atoms with E-state index in [9.17, 15) is 9.90 Å². The second kappa shape index (κ2) is 4.56. The molecule has 3 heterocycles. The molecule has 21 heavy (non-hydrogen) atoms. The monoisotopic (exact) mass is 324 g/mol. The van der Waals surface area contributed by atoms with Gasteiger partial charge in [0, 0.05) is 10.7 Å². The topological polar surface area (TPSA) is 61.8 Å². The molecule has 3 saturated heterocycles. The van der Waals surface area contributed by atoms with Crippen molar-refractivity contribution in [3.8, 4) is 0 Å². The number of anilines is 1. The zero-order chi connectivity index (χ0) is 14.7. The number of aliphatic hydroxyl groups excluding tert-OH is 1. The van der Waals surface area contributed by atoms with E-state index in [4.69, 9.17) is 28.6 Å². The van der Waals surface area contributed by atoms with Crippen molar-refractivity contribution >= 4 is 40.6 Å². The van der Waals surface area contributed by atoms with Gasteiger partial charge in [0.2, 0.25) is 0 Å². The van der Waals surface area contributed by atoms with Gasteiger partial charge in [0.25, 0.3) is 0 Å². The summed E-state index contributed by atoms with van der Waals surface area (Å²) in [6, 6.07) is 7.06. The average Bonchev–Trinajstić information content (AvgIpc) is 2.80. The number of halogens is 1. The van der Waals surface area contributed by atoms with Crippen LogP contribution in [0.2, 0.25) is 5.02 Å². The first-order chi connectivity index (χ1) is 10.1. The van der Waals surface area contributed by atoms with Crippen LogP contribution in [0, 0.1) is 5.92 Å². The van der Waals surface area contributed by atoms with Crippen molar-refractivity contribution in [1.29, 1.82) is 0 Å². The van der Waals surface area contributed by atoms with Gasteiger partial charge in [-0.05, 0) is 42.9 Å². The molecule has 3 aliphatic heterocycles. The Morgan fingerprint density at radius 3 is 2.81 bits per heavy atom. The van der Waals surface area contributed by atoms with Gasteiger partial charge in [-0.2, -0.15) is 0 Å². The molecule has 110 valence electrons. The van der Waals surface area contributed by atoms with Crippen LogP contribution in [0.5, 0.6) is 0 Å². The lowest BCUT2D eigenvalue weighted by atomic mass is 9.75. The minimum Gasteiger partial charge on any atom is -0.457 e. The third-order valence-electron chi connectivity index (χ3n) is 4.48. The summed E-state index contributed by atoms with van der Waals surface area (Å²) in [6.45, 7) is 0. The molecule has 0 radical (unpaired) electrons. The summed E-state index contributed by atoms with van der Waals surface area (Å²) >= 11 is 11.3. The van der Waals surface area contributed by atoms with Gasteiger partial charge in [-0.15, -0.1) is 0 Å². The fraction of sp³-hybridized carbons (Fsp3) is 0.429. The lowest BCUT2D eigenvalue weighted by Gasteiger charge is -2.47. The van der Waals surface area contributed by atoms with Gasteiger partial charge in [0.05, 0.1) is 24.1 Å². The standard InChI is InChI=1S/C14H13ClN2O3S/c15-6-1-3-7(4-2-6)17-11-8-5-9(18)12(20-13(8)19)10(11)16-14(17)21/h1-4,8-12,18H,5H2,(H,16,21)/t8-,9-,10-,11-,12+/m1/s1. The van der Waals surface area contributed by atoms with E-state index in [2.05, 4.69) is 5.32 Å². The van der Waals surface area contributed by atoms with E-state index < -0.39 is 12.2 Å². The van der Waals surface area contributed by atoms with Gasteiger partial charge in [-0.25, -0.2) is 0 Å². The lowest BCUT2D eigenvalue weighted by Crippen LogP contribution is -2.66. The zero-order valence-electron chi connectivity index (χ0n) is 10.9. The second-order valence-electron chi connectivity index (χ2n) is 5.62. The quantitative estimate of drug-likeness (QED) is 0.595. The maximum absolute atomic E-state index is 12.0. The number of nitrogens with one attached hydrogen (secondary N) is 1. The summed E-state index contributed by atoms with van der Waals surface area (Å²) in [5.41, 5.74) is 0.888. The van der Waals surface area contributed by atoms with Crippen LogP contribution in [-0.2, 0) is 9.53 Å². The number of carbonyl (C=O) groups excluding carboxylic acids is 1. The maximum Gasteiger partial charge on any atom is 0.311 e. The van der Waals surface area contributed by atoms with Crippen molar-refractivity contribution in [2.45, 2.75) is 30.7 Å². The predicted molar refractivity (Wildman–Crippen MR) is 81.2 cm³/mol. The summed E-state index contributed by atoms with van der Waals surface area (Å²) in [4.78, 5) is 14.0. The van der Waals surface area contributed by atoms with Crippen LogP contribution in [0.3, 0.4) is 0 Å². The highest BCUT2D eigenvalue weighted by Crippen LogP contribution is 2.42. The van der Waals surface area contributed by atoms with Crippen LogP contribution in [-0.4, -0.2) is 40.5 Å². The van der Waals surface area contributed by atoms with E-state index in [-0.39, 0.29) is 24.0 Å². The molecule has 7 heteroatoms. The van der Waals surface area contributed by atoms with Crippen molar-refractivity contribution in [3.63, 3.8) is 0 Å². The molecule has 4 fully saturated rings. The molecule has 2 N–H and O–H groups in total. The Kier molecular flexibility index (Phi) is 2.89. The third kappa shape index (κ3) is 1.86. The molecule has 0 amide bonds. The van der Waals surface area contributed by atoms with Gasteiger partial charge in [-0.1, -0.05) is 11.6 Å². The van der Waals surface area contributed by atoms with Gasteiger partial charge < -0.3 is 20.1 Å². The summed E-state index contributed by atoms with van der Waals surface area (Å²) in [7, 11) is 0. The Morgan fingerprint density at radius 1 is 1.38 bits per heavy atom. The second-order valence-corrected chi connectivity index (χ2v) is 6.45. The van der Waals surface area contributed by atoms with Gasteiger partial charge in [0.15, 0.2) is 5.11 Å². The predicted octanol–water partition coefficient (Wildman–Crippen LogP) is 1.08. The van der Waals surface area contributed by atoms with E-state index in [0.717, 1.165) is 5.69 Å². The molecular weight excluding hydrogens is 312 g/mol. The number of esters is 1. The van der Waals surface area contributed by atoms with Crippen LogP contribution in [0.1, 0.15) is 6.42 Å². The molecular formula is C14H13ClN2O3S. The minimum atomic E-state index is -0.630. The van der Waals surface area contributed by atoms with Crippen molar-refractivity contribution in [2.75, 3.05) is 4.90 Å². The Bertz CT molecular complexity index is 623. The molecule has 0 aromatic heterocycles. The van der Waals surface area contributed by atoms with Crippen LogP contribution in [0.15, 0.2) is 24.3 Å². The lowest BCUT2D eigenvalue weighted by molar-refractivity contribution is -0.188. The van der Waals surface area contributed by atoms with Crippen LogP contribution in [0.25, 0.3) is 0 Å². The number of nitrogens with zero attached hydrogens (tertiary/aromatic N) is 1. The first-order valence-electron chi connectivity index (χ1n) is 6.80. The number of rotatable bonds is 1. The van der Waals surface area contributed by atoms with Crippen LogP contribution >= 0.6 is 23.8 Å². The Balaban J connectivity index is 1.74. The number of thiocarbonyl (C=S) groups is 1. The Labute approximate surface area is 131 Å². The van der Waals surface area contributed by atoms with Crippen LogP contribution in [0.4, 0.5) is 5.69 Å². The highest BCUT2D eigenvalue weighted by molar-refractivity contribution is 7.80. The third-order valence-corrected chi connectivity index (χ3v) is 5.04. The maximum atomic E-state index is 12.0. The summed E-state index contributed by atoms with van der Waals surface area (Å²) in [6.07, 6.45) is -0.754. The van der Waals surface area contributed by atoms with E-state index in [1.165, 1.54) is 0 Å². The van der Waals surface area contributed by atoms with Gasteiger partial charge in [-0.3, -0.25) is 4.79 Å². The molecule has 0 spiro atoms. The first kappa shape index (κ1) is 13.3. The molecule has 1 saturated carbocycles. The van der Waals surface area contributed by atoms with Crippen LogP contribution < -0.4 is 10.2 Å². The number of hydrogen-bond acceptors (Lipinski definition) is 4.